The average molecular weight is 612 g/mol. The first-order valence-corrected chi connectivity index (χ1v) is 15.3. The van der Waals surface area contributed by atoms with Gasteiger partial charge < -0.3 is 36.3 Å². The molecule has 3 aromatic carbocycles. The second-order valence-corrected chi connectivity index (χ2v) is 11.4. The van der Waals surface area contributed by atoms with Gasteiger partial charge in [-0.15, -0.1) is 0 Å². The quantitative estimate of drug-likeness (QED) is 0.0620. The maximum absolute atomic E-state index is 14.0. The minimum absolute atomic E-state index is 0.102. The number of amides is 2. The van der Waals surface area contributed by atoms with E-state index in [0.717, 1.165) is 32.8 Å². The van der Waals surface area contributed by atoms with Gasteiger partial charge >= 0.3 is 5.97 Å². The molecule has 3 atom stereocenters. The topological polar surface area (TPSA) is 165 Å². The smallest absolute Gasteiger partial charge is 0.328 e. The van der Waals surface area contributed by atoms with Crippen LogP contribution in [-0.4, -0.2) is 78.5 Å². The van der Waals surface area contributed by atoms with Crippen LogP contribution in [0.1, 0.15) is 30.4 Å². The molecule has 1 aromatic heterocycles. The molecule has 2 amide bonds. The number of nitrogens with one attached hydrogen (secondary N) is 5. The number of ether oxygens (including phenoxy) is 1. The highest BCUT2D eigenvalue weighted by molar-refractivity contribution is 5.91. The molecule has 0 unspecified atom stereocenters. The number of fused-ring (bicyclic) bond motifs is 2. The van der Waals surface area contributed by atoms with Crippen molar-refractivity contribution in [2.45, 2.75) is 50.2 Å². The monoisotopic (exact) mass is 611 g/mol. The predicted octanol–water partition coefficient (Wildman–Crippen LogP) is 2.59. The largest absolute Gasteiger partial charge is 0.467 e. The Hall–Kier alpha value is -4.90. The number of methoxy groups -OCH3 is 1. The van der Waals surface area contributed by atoms with Crippen molar-refractivity contribution >= 4 is 45.4 Å². The minimum Gasteiger partial charge on any atom is -0.467 e. The summed E-state index contributed by atoms with van der Waals surface area (Å²) in [7, 11) is 1.34. The summed E-state index contributed by atoms with van der Waals surface area (Å²) in [6.07, 6.45) is 3.98. The average Bonchev–Trinajstić information content (AvgIpc) is 3.39. The zero-order chi connectivity index (χ0) is 31.8. The molecule has 11 heteroatoms. The Morgan fingerprint density at radius 3 is 2.60 bits per heavy atom. The number of H-pyrrole nitrogens is 1. The van der Waals surface area contributed by atoms with Gasteiger partial charge in [0.2, 0.25) is 11.8 Å². The van der Waals surface area contributed by atoms with Gasteiger partial charge in [0.1, 0.15) is 6.04 Å². The van der Waals surface area contributed by atoms with Crippen molar-refractivity contribution in [3.63, 3.8) is 0 Å². The van der Waals surface area contributed by atoms with Crippen molar-refractivity contribution in [3.8, 4) is 0 Å². The number of hydrogen-bond donors (Lipinski definition) is 6. The van der Waals surface area contributed by atoms with Crippen LogP contribution in [0.5, 0.6) is 0 Å². The van der Waals surface area contributed by atoms with E-state index in [1.807, 2.05) is 72.9 Å². The number of carbonyl (C=O) groups excluding carboxylic acids is 3. The Balaban J connectivity index is 1.31. The van der Waals surface area contributed by atoms with Crippen molar-refractivity contribution < 1.29 is 19.1 Å². The Bertz CT molecular complexity index is 1660. The fraction of sp³-hybridized carbons (Fsp3) is 0.353. The highest BCUT2D eigenvalue weighted by atomic mass is 16.5. The molecule has 1 aliphatic rings. The standard InChI is InChI=1S/C34H41N7O4/c1-45-33(44)30(18-24-20-38-28-13-5-4-12-27(24)28)41-17-15-25(40-29(32(41)43)14-7-16-37-34(35)36)21-39-31(42)19-23-10-6-9-22-8-2-3-11-26(22)23/h2-6,8-13,20,25,29-30,38,40H,7,14-19,21H2,1H3,(H,39,42)(H4,35,36,37)/t25-,29+,30+/m1/s1. The zero-order valence-corrected chi connectivity index (χ0v) is 25.5. The van der Waals surface area contributed by atoms with Crippen LogP contribution in [0.15, 0.2) is 72.9 Å². The summed E-state index contributed by atoms with van der Waals surface area (Å²) in [4.78, 5) is 45.2. The van der Waals surface area contributed by atoms with Gasteiger partial charge in [-0.25, -0.2) is 4.79 Å². The molecule has 4 aromatic rings. The first kappa shape index (κ1) is 31.5. The third-order valence-corrected chi connectivity index (χ3v) is 8.44. The molecule has 5 rings (SSSR count). The van der Waals surface area contributed by atoms with E-state index in [9.17, 15) is 14.4 Å². The Morgan fingerprint density at radius 2 is 1.80 bits per heavy atom. The van der Waals surface area contributed by atoms with Gasteiger partial charge in [0.15, 0.2) is 5.96 Å². The number of guanidine groups is 1. The fourth-order valence-corrected chi connectivity index (χ4v) is 6.14. The maximum atomic E-state index is 14.0. The van der Waals surface area contributed by atoms with Gasteiger partial charge in [0, 0.05) is 49.2 Å². The molecule has 236 valence electrons. The Kier molecular flexibility index (Phi) is 10.3. The van der Waals surface area contributed by atoms with Crippen LogP contribution in [0.3, 0.4) is 0 Å². The number of aromatic amines is 1. The number of rotatable bonds is 12. The summed E-state index contributed by atoms with van der Waals surface area (Å²) in [5.41, 5.74) is 8.27. The normalized spacial score (nSPS) is 17.5. The number of nitrogens with two attached hydrogens (primary N) is 1. The van der Waals surface area contributed by atoms with Crippen LogP contribution in [0.4, 0.5) is 0 Å². The molecule has 0 spiro atoms. The summed E-state index contributed by atoms with van der Waals surface area (Å²) in [5, 5.41) is 19.9. The van der Waals surface area contributed by atoms with Crippen molar-refractivity contribution in [2.75, 3.05) is 26.7 Å². The number of benzene rings is 3. The van der Waals surface area contributed by atoms with Crippen LogP contribution in [0.2, 0.25) is 0 Å². The van der Waals surface area contributed by atoms with Crippen LogP contribution in [-0.2, 0) is 32.0 Å². The lowest BCUT2D eigenvalue weighted by Crippen LogP contribution is -2.53. The van der Waals surface area contributed by atoms with E-state index in [2.05, 4.69) is 20.9 Å². The van der Waals surface area contributed by atoms with E-state index in [-0.39, 0.29) is 30.2 Å². The molecular formula is C34H41N7O4. The number of aromatic nitrogens is 1. The maximum Gasteiger partial charge on any atom is 0.328 e. The lowest BCUT2D eigenvalue weighted by molar-refractivity contribution is -0.153. The molecule has 7 N–H and O–H groups in total. The summed E-state index contributed by atoms with van der Waals surface area (Å²) < 4.78 is 5.20. The van der Waals surface area contributed by atoms with E-state index in [1.165, 1.54) is 7.11 Å². The van der Waals surface area contributed by atoms with Crippen molar-refractivity contribution in [3.05, 3.63) is 84.1 Å². The lowest BCUT2D eigenvalue weighted by atomic mass is 10.0. The molecule has 0 bridgehead atoms. The van der Waals surface area contributed by atoms with E-state index in [0.29, 0.717) is 45.3 Å². The first-order valence-electron chi connectivity index (χ1n) is 15.3. The minimum atomic E-state index is -0.818. The zero-order valence-electron chi connectivity index (χ0n) is 25.5. The van der Waals surface area contributed by atoms with Crippen LogP contribution < -0.4 is 21.7 Å². The van der Waals surface area contributed by atoms with Crippen molar-refractivity contribution in [1.82, 2.24) is 25.8 Å². The van der Waals surface area contributed by atoms with Crippen LogP contribution in [0, 0.1) is 5.41 Å². The Morgan fingerprint density at radius 1 is 1.04 bits per heavy atom. The number of para-hydroxylation sites is 1. The molecular weight excluding hydrogens is 570 g/mol. The first-order chi connectivity index (χ1) is 21.8. The summed E-state index contributed by atoms with van der Waals surface area (Å²) in [6.45, 7) is 1.08. The highest BCUT2D eigenvalue weighted by Gasteiger charge is 2.38. The summed E-state index contributed by atoms with van der Waals surface area (Å²) in [5.74, 6) is -0.910. The lowest BCUT2D eigenvalue weighted by Gasteiger charge is -2.31. The van der Waals surface area contributed by atoms with Gasteiger partial charge in [-0.1, -0.05) is 60.7 Å². The van der Waals surface area contributed by atoms with Crippen molar-refractivity contribution in [1.29, 1.82) is 5.41 Å². The van der Waals surface area contributed by atoms with E-state index in [4.69, 9.17) is 15.9 Å². The predicted molar refractivity (Wildman–Crippen MR) is 175 cm³/mol. The van der Waals surface area contributed by atoms with Gasteiger partial charge in [0.05, 0.1) is 19.6 Å². The Labute approximate surface area is 262 Å². The van der Waals surface area contributed by atoms with Gasteiger partial charge in [0.25, 0.3) is 0 Å². The highest BCUT2D eigenvalue weighted by Crippen LogP contribution is 2.24. The molecule has 45 heavy (non-hydrogen) atoms. The number of hydrogen-bond acceptors (Lipinski definition) is 6. The van der Waals surface area contributed by atoms with E-state index < -0.39 is 18.1 Å². The second kappa shape index (κ2) is 14.7. The van der Waals surface area contributed by atoms with Crippen molar-refractivity contribution in [2.24, 2.45) is 5.73 Å². The third-order valence-electron chi connectivity index (χ3n) is 8.44. The second-order valence-electron chi connectivity index (χ2n) is 11.4. The van der Waals surface area contributed by atoms with E-state index >= 15 is 0 Å². The SMILES string of the molecule is COC(=O)[C@H](Cc1c[nH]c2ccccc12)N1CC[C@H](CNC(=O)Cc2cccc3ccccc23)N[C@@H](CCCNC(=N)N)C1=O. The van der Waals surface area contributed by atoms with Gasteiger partial charge in [-0.05, 0) is 47.2 Å². The van der Waals surface area contributed by atoms with Crippen LogP contribution in [0.25, 0.3) is 21.7 Å². The summed E-state index contributed by atoms with van der Waals surface area (Å²) >= 11 is 0. The number of esters is 1. The fourth-order valence-electron chi connectivity index (χ4n) is 6.14. The molecule has 11 nitrogen and oxygen atoms in total. The molecule has 0 radical (unpaired) electrons. The third kappa shape index (κ3) is 7.79. The molecule has 1 aliphatic heterocycles. The van der Waals surface area contributed by atoms with Gasteiger partial charge in [-0.2, -0.15) is 0 Å². The van der Waals surface area contributed by atoms with E-state index in [1.54, 1.807) is 4.90 Å². The number of carbonyl (C=O) groups is 3. The molecule has 1 fully saturated rings. The molecule has 1 saturated heterocycles. The molecule has 0 saturated carbocycles. The molecule has 2 heterocycles. The summed E-state index contributed by atoms with van der Waals surface area (Å²) in [6, 6.07) is 20.2. The molecule has 0 aliphatic carbocycles. The van der Waals surface area contributed by atoms with Crippen LogP contribution >= 0.6 is 0 Å². The number of nitrogens with zero attached hydrogens (tertiary/aromatic N) is 1. The van der Waals surface area contributed by atoms with Gasteiger partial charge in [-0.3, -0.25) is 15.0 Å².